The maximum absolute atomic E-state index is 9.97. The van der Waals surface area contributed by atoms with Gasteiger partial charge in [-0.05, 0) is 7.05 Å². The van der Waals surface area contributed by atoms with Crippen molar-refractivity contribution in [2.24, 2.45) is 11.5 Å². The van der Waals surface area contributed by atoms with Crippen molar-refractivity contribution in [2.45, 2.75) is 6.17 Å². The van der Waals surface area contributed by atoms with Gasteiger partial charge in [0.2, 0.25) is 5.91 Å². The van der Waals surface area contributed by atoms with Gasteiger partial charge in [-0.3, -0.25) is 10.1 Å². The average molecular weight is 103 g/mol. The van der Waals surface area contributed by atoms with E-state index >= 15 is 0 Å². The van der Waals surface area contributed by atoms with Gasteiger partial charge < -0.3 is 11.5 Å². The molecular formula is C3H9N3O. The van der Waals surface area contributed by atoms with Gasteiger partial charge in [0.15, 0.2) is 0 Å². The van der Waals surface area contributed by atoms with E-state index in [0.717, 1.165) is 0 Å². The fourth-order valence-corrected chi connectivity index (χ4v) is 0.142. The molecule has 5 N–H and O–H groups in total. The third-order valence-corrected chi connectivity index (χ3v) is 0.618. The minimum Gasteiger partial charge on any atom is -0.367 e. The van der Waals surface area contributed by atoms with E-state index in [2.05, 4.69) is 5.32 Å². The molecular weight excluding hydrogens is 94.1 g/mol. The minimum absolute atomic E-state index is 0.539. The number of likely N-dealkylation sites (N-methyl/N-ethyl adjacent to an activating group) is 1. The van der Waals surface area contributed by atoms with Gasteiger partial charge in [0, 0.05) is 0 Å². The predicted octanol–water partition coefficient (Wildman–Crippen LogP) is -2.02. The zero-order valence-corrected chi connectivity index (χ0v) is 4.14. The van der Waals surface area contributed by atoms with E-state index in [1.54, 1.807) is 7.05 Å². The molecule has 0 spiro atoms. The molecule has 0 bridgehead atoms. The largest absolute Gasteiger partial charge is 0.367 e. The number of primary amides is 1. The molecule has 1 amide bonds. The van der Waals surface area contributed by atoms with E-state index in [1.807, 2.05) is 0 Å². The normalized spacial score (nSPS) is 13.4. The molecule has 0 saturated heterocycles. The number of rotatable bonds is 2. The van der Waals surface area contributed by atoms with E-state index in [9.17, 15) is 4.79 Å². The van der Waals surface area contributed by atoms with Crippen molar-refractivity contribution >= 4 is 5.91 Å². The number of amides is 1. The molecule has 0 aliphatic heterocycles. The van der Waals surface area contributed by atoms with Gasteiger partial charge >= 0.3 is 0 Å². The van der Waals surface area contributed by atoms with Crippen LogP contribution in [0.4, 0.5) is 0 Å². The fraction of sp³-hybridized carbons (Fsp3) is 0.667. The summed E-state index contributed by atoms with van der Waals surface area (Å²) in [4.78, 5) is 9.97. The molecule has 0 aromatic heterocycles. The van der Waals surface area contributed by atoms with Gasteiger partial charge in [-0.15, -0.1) is 0 Å². The number of nitrogens with two attached hydrogens (primary N) is 2. The average Bonchev–Trinajstić information content (AvgIpc) is 1.65. The molecule has 7 heavy (non-hydrogen) atoms. The molecule has 4 heteroatoms. The first kappa shape index (κ1) is 6.39. The van der Waals surface area contributed by atoms with Crippen LogP contribution in [0.15, 0.2) is 0 Å². The predicted molar refractivity (Wildman–Crippen MR) is 26.2 cm³/mol. The maximum Gasteiger partial charge on any atom is 0.249 e. The molecule has 0 aromatic carbocycles. The van der Waals surface area contributed by atoms with Crippen LogP contribution in [0.1, 0.15) is 0 Å². The Morgan fingerprint density at radius 1 is 1.86 bits per heavy atom. The van der Waals surface area contributed by atoms with E-state index < -0.39 is 12.1 Å². The van der Waals surface area contributed by atoms with Gasteiger partial charge in [0.25, 0.3) is 0 Å². The van der Waals surface area contributed by atoms with Crippen molar-refractivity contribution < 1.29 is 4.79 Å². The topological polar surface area (TPSA) is 81.1 Å². The summed E-state index contributed by atoms with van der Waals surface area (Å²) in [5.74, 6) is -0.539. The lowest BCUT2D eigenvalue weighted by Crippen LogP contribution is -2.46. The Morgan fingerprint density at radius 2 is 2.29 bits per heavy atom. The fourth-order valence-electron chi connectivity index (χ4n) is 0.142. The van der Waals surface area contributed by atoms with Crippen LogP contribution in [0.2, 0.25) is 0 Å². The second kappa shape index (κ2) is 2.54. The second-order valence-corrected chi connectivity index (χ2v) is 1.17. The zero-order chi connectivity index (χ0) is 5.86. The molecule has 4 nitrogen and oxygen atoms in total. The Balaban J connectivity index is 3.34. The van der Waals surface area contributed by atoms with E-state index in [0.29, 0.717) is 0 Å². The van der Waals surface area contributed by atoms with Crippen LogP contribution >= 0.6 is 0 Å². The monoisotopic (exact) mass is 103 g/mol. The molecule has 0 aromatic rings. The van der Waals surface area contributed by atoms with Crippen LogP contribution < -0.4 is 16.8 Å². The van der Waals surface area contributed by atoms with Crippen LogP contribution in [-0.2, 0) is 4.79 Å². The number of carbonyl (C=O) groups excluding carboxylic acids is 1. The molecule has 1 atom stereocenters. The number of carbonyl (C=O) groups is 1. The van der Waals surface area contributed by atoms with Crippen molar-refractivity contribution in [1.29, 1.82) is 0 Å². The summed E-state index contributed by atoms with van der Waals surface area (Å²) < 4.78 is 0. The SMILES string of the molecule is CN[C@H](N)C(N)=O. The standard InChI is InChI=1S/C3H9N3O/c1-6-2(4)3(5)7/h2,6H,4H2,1H3,(H2,5,7)/t2-/m0/s1. The third kappa shape index (κ3) is 2.13. The van der Waals surface area contributed by atoms with Gasteiger partial charge in [0.1, 0.15) is 6.17 Å². The lowest BCUT2D eigenvalue weighted by atomic mass is 10.5. The lowest BCUT2D eigenvalue weighted by Gasteiger charge is -2.01. The van der Waals surface area contributed by atoms with Crippen molar-refractivity contribution in [3.63, 3.8) is 0 Å². The maximum atomic E-state index is 9.97. The molecule has 0 unspecified atom stereocenters. The number of hydrogen-bond acceptors (Lipinski definition) is 3. The Hall–Kier alpha value is -0.610. The minimum atomic E-state index is -0.708. The van der Waals surface area contributed by atoms with Crippen LogP contribution in [0, 0.1) is 0 Å². The van der Waals surface area contributed by atoms with Crippen molar-refractivity contribution in [1.82, 2.24) is 5.32 Å². The highest BCUT2D eigenvalue weighted by atomic mass is 16.1. The van der Waals surface area contributed by atoms with Gasteiger partial charge in [-0.2, -0.15) is 0 Å². The van der Waals surface area contributed by atoms with E-state index in [1.165, 1.54) is 0 Å². The summed E-state index contributed by atoms with van der Waals surface area (Å²) in [5, 5.41) is 2.47. The molecule has 0 heterocycles. The highest BCUT2D eigenvalue weighted by molar-refractivity contribution is 5.78. The molecule has 42 valence electrons. The van der Waals surface area contributed by atoms with Crippen molar-refractivity contribution in [3.8, 4) is 0 Å². The molecule has 0 radical (unpaired) electrons. The molecule has 0 saturated carbocycles. The Bertz CT molecular complexity index is 72.6. The molecule has 0 aliphatic rings. The highest BCUT2D eigenvalue weighted by Gasteiger charge is 2.01. The zero-order valence-electron chi connectivity index (χ0n) is 4.14. The van der Waals surface area contributed by atoms with Crippen molar-refractivity contribution in [3.05, 3.63) is 0 Å². The number of hydrogen-bond donors (Lipinski definition) is 3. The first-order chi connectivity index (χ1) is 3.18. The first-order valence-electron chi connectivity index (χ1n) is 1.90. The summed E-state index contributed by atoms with van der Waals surface area (Å²) in [6.45, 7) is 0. The summed E-state index contributed by atoms with van der Waals surface area (Å²) in [6, 6.07) is 0. The Labute approximate surface area is 41.9 Å². The third-order valence-electron chi connectivity index (χ3n) is 0.618. The molecule has 0 aliphatic carbocycles. The first-order valence-corrected chi connectivity index (χ1v) is 1.90. The van der Waals surface area contributed by atoms with Crippen LogP contribution in [0.3, 0.4) is 0 Å². The Kier molecular flexibility index (Phi) is 2.32. The van der Waals surface area contributed by atoms with Crippen molar-refractivity contribution in [2.75, 3.05) is 7.05 Å². The quantitative estimate of drug-likeness (QED) is 0.353. The highest BCUT2D eigenvalue weighted by Crippen LogP contribution is 1.59. The summed E-state index contributed by atoms with van der Waals surface area (Å²) >= 11 is 0. The summed E-state index contributed by atoms with van der Waals surface area (Å²) in [6.07, 6.45) is -0.708. The van der Waals surface area contributed by atoms with Crippen LogP contribution in [-0.4, -0.2) is 19.1 Å². The van der Waals surface area contributed by atoms with Gasteiger partial charge in [0.05, 0.1) is 0 Å². The number of nitrogens with one attached hydrogen (secondary N) is 1. The van der Waals surface area contributed by atoms with E-state index in [4.69, 9.17) is 11.5 Å². The lowest BCUT2D eigenvalue weighted by molar-refractivity contribution is -0.119. The van der Waals surface area contributed by atoms with Crippen LogP contribution in [0.5, 0.6) is 0 Å². The van der Waals surface area contributed by atoms with Gasteiger partial charge in [-0.1, -0.05) is 0 Å². The second-order valence-electron chi connectivity index (χ2n) is 1.17. The van der Waals surface area contributed by atoms with Gasteiger partial charge in [-0.25, -0.2) is 0 Å². The summed E-state index contributed by atoms with van der Waals surface area (Å²) in [5.41, 5.74) is 9.75. The smallest absolute Gasteiger partial charge is 0.249 e. The van der Waals surface area contributed by atoms with E-state index in [-0.39, 0.29) is 0 Å². The molecule has 0 rings (SSSR count). The summed E-state index contributed by atoms with van der Waals surface area (Å²) in [7, 11) is 1.56. The molecule has 0 fully saturated rings. The Morgan fingerprint density at radius 3 is 2.29 bits per heavy atom. The van der Waals surface area contributed by atoms with Crippen LogP contribution in [0.25, 0.3) is 0 Å².